The van der Waals surface area contributed by atoms with Gasteiger partial charge in [0.2, 0.25) is 0 Å². The summed E-state index contributed by atoms with van der Waals surface area (Å²) in [5.41, 5.74) is 0.815. The lowest BCUT2D eigenvalue weighted by Crippen LogP contribution is -2.59. The molecule has 5 heterocycles. The highest BCUT2D eigenvalue weighted by atomic mass is 16.7. The second-order valence-corrected chi connectivity index (χ2v) is 5.49. The highest BCUT2D eigenvalue weighted by Crippen LogP contribution is 2.43. The van der Waals surface area contributed by atoms with Crippen molar-refractivity contribution >= 4 is 5.71 Å². The van der Waals surface area contributed by atoms with Crippen LogP contribution in [-0.2, 0) is 4.84 Å². The van der Waals surface area contributed by atoms with Crippen LogP contribution in [0.1, 0.15) is 25.1 Å². The van der Waals surface area contributed by atoms with Gasteiger partial charge in [0.15, 0.2) is 11.4 Å². The van der Waals surface area contributed by atoms with Gasteiger partial charge < -0.3 is 4.84 Å². The molecule has 1 unspecified atom stereocenters. The topological polar surface area (TPSA) is 50.6 Å². The molecule has 0 amide bonds. The fraction of sp³-hybridized carbons (Fsp3) is 0.615. The van der Waals surface area contributed by atoms with E-state index in [1.54, 1.807) is 12.4 Å². The lowest BCUT2D eigenvalue weighted by Gasteiger charge is -2.49. The fourth-order valence-electron chi connectivity index (χ4n) is 3.49. The van der Waals surface area contributed by atoms with Gasteiger partial charge in [0.25, 0.3) is 0 Å². The quantitative estimate of drug-likeness (QED) is 0.741. The first-order valence-electron chi connectivity index (χ1n) is 6.61. The average Bonchev–Trinajstić information content (AvgIpc) is 2.85. The summed E-state index contributed by atoms with van der Waals surface area (Å²) in [6.07, 6.45) is 6.84. The van der Waals surface area contributed by atoms with Crippen LogP contribution in [0.4, 0.5) is 0 Å². The molecule has 4 aliphatic heterocycles. The Balaban J connectivity index is 1.59. The van der Waals surface area contributed by atoms with E-state index in [-0.39, 0.29) is 5.60 Å². The maximum Gasteiger partial charge on any atom is 0.177 e. The number of hydrogen-bond donors (Lipinski definition) is 0. The molecular weight excluding hydrogens is 228 g/mol. The molecule has 2 bridgehead atoms. The Bertz CT molecular complexity index is 481. The number of rotatable bonds is 1. The lowest BCUT2D eigenvalue weighted by molar-refractivity contribution is -0.136. The molecule has 3 saturated heterocycles. The Morgan fingerprint density at radius 3 is 2.67 bits per heavy atom. The number of aromatic nitrogens is 2. The molecule has 5 nitrogen and oxygen atoms in total. The molecule has 0 N–H and O–H groups in total. The zero-order chi connectivity index (χ0) is 12.0. The van der Waals surface area contributed by atoms with E-state index >= 15 is 0 Å². The molecule has 0 saturated carbocycles. The smallest absolute Gasteiger partial charge is 0.177 e. The van der Waals surface area contributed by atoms with E-state index in [0.717, 1.165) is 18.7 Å². The van der Waals surface area contributed by atoms with E-state index in [1.165, 1.54) is 25.9 Å². The van der Waals surface area contributed by atoms with Gasteiger partial charge in [-0.05, 0) is 32.0 Å². The minimum absolute atomic E-state index is 0.0922. The van der Waals surface area contributed by atoms with Crippen molar-refractivity contribution in [1.82, 2.24) is 14.9 Å². The van der Waals surface area contributed by atoms with Gasteiger partial charge in [0.05, 0.1) is 0 Å². The largest absolute Gasteiger partial charge is 0.387 e. The summed E-state index contributed by atoms with van der Waals surface area (Å²) in [5.74, 6) is 1.36. The van der Waals surface area contributed by atoms with Gasteiger partial charge in [-0.3, -0.25) is 4.90 Å². The summed E-state index contributed by atoms with van der Waals surface area (Å²) in [6, 6.07) is 1.82. The van der Waals surface area contributed by atoms with Crippen LogP contribution < -0.4 is 0 Å². The minimum Gasteiger partial charge on any atom is -0.387 e. The second-order valence-electron chi connectivity index (χ2n) is 5.49. The molecule has 0 aromatic carbocycles. The normalized spacial score (nSPS) is 37.7. The third kappa shape index (κ3) is 1.47. The summed E-state index contributed by atoms with van der Waals surface area (Å²) < 4.78 is 0. The predicted octanol–water partition coefficient (Wildman–Crippen LogP) is 1.07. The lowest BCUT2D eigenvalue weighted by atomic mass is 9.73. The minimum atomic E-state index is -0.0922. The third-order valence-electron chi connectivity index (χ3n) is 4.45. The molecule has 1 aromatic rings. The van der Waals surface area contributed by atoms with Gasteiger partial charge in [0.1, 0.15) is 5.71 Å². The van der Waals surface area contributed by atoms with Crippen molar-refractivity contribution in [3.05, 3.63) is 24.3 Å². The number of nitrogens with zero attached hydrogens (tertiary/aromatic N) is 4. The molecule has 5 heteroatoms. The first-order chi connectivity index (χ1) is 8.86. The predicted molar refractivity (Wildman–Crippen MR) is 66.2 cm³/mol. The molecule has 3 fully saturated rings. The summed E-state index contributed by atoms with van der Waals surface area (Å²) >= 11 is 0. The Kier molecular flexibility index (Phi) is 2.17. The third-order valence-corrected chi connectivity index (χ3v) is 4.45. The molecule has 0 radical (unpaired) electrons. The molecule has 1 spiro atoms. The molecule has 5 rings (SSSR count). The Hall–Kier alpha value is -1.49. The van der Waals surface area contributed by atoms with Crippen LogP contribution in [0.2, 0.25) is 0 Å². The SMILES string of the molecule is c1cnc(C2=NOC3(C2)CN2CCC3CC2)nc1. The number of fused-ring (bicyclic) bond motifs is 2. The Labute approximate surface area is 106 Å². The first-order valence-corrected chi connectivity index (χ1v) is 6.61. The van der Waals surface area contributed by atoms with Gasteiger partial charge in [-0.1, -0.05) is 5.16 Å². The van der Waals surface area contributed by atoms with Crippen molar-refractivity contribution in [3.8, 4) is 0 Å². The number of oxime groups is 1. The van der Waals surface area contributed by atoms with Crippen LogP contribution in [0.3, 0.4) is 0 Å². The van der Waals surface area contributed by atoms with Crippen molar-refractivity contribution in [3.63, 3.8) is 0 Å². The maximum absolute atomic E-state index is 5.85. The molecule has 18 heavy (non-hydrogen) atoms. The molecule has 94 valence electrons. The van der Waals surface area contributed by atoms with Crippen LogP contribution in [0.15, 0.2) is 23.6 Å². The van der Waals surface area contributed by atoms with Gasteiger partial charge in [-0.25, -0.2) is 9.97 Å². The van der Waals surface area contributed by atoms with E-state index in [2.05, 4.69) is 20.0 Å². The first kappa shape index (κ1) is 10.4. The Morgan fingerprint density at radius 2 is 2.00 bits per heavy atom. The van der Waals surface area contributed by atoms with Crippen molar-refractivity contribution in [2.45, 2.75) is 24.9 Å². The highest BCUT2D eigenvalue weighted by molar-refractivity contribution is 5.98. The highest BCUT2D eigenvalue weighted by Gasteiger charge is 2.52. The summed E-state index contributed by atoms with van der Waals surface area (Å²) in [5, 5.41) is 4.27. The number of hydrogen-bond acceptors (Lipinski definition) is 5. The van der Waals surface area contributed by atoms with Crippen molar-refractivity contribution in [1.29, 1.82) is 0 Å². The molecule has 1 atom stereocenters. The van der Waals surface area contributed by atoms with Gasteiger partial charge in [-0.2, -0.15) is 0 Å². The summed E-state index contributed by atoms with van der Waals surface area (Å²) in [4.78, 5) is 16.9. The van der Waals surface area contributed by atoms with Crippen molar-refractivity contribution in [2.24, 2.45) is 11.1 Å². The van der Waals surface area contributed by atoms with Gasteiger partial charge in [-0.15, -0.1) is 0 Å². The van der Waals surface area contributed by atoms with Crippen LogP contribution in [0, 0.1) is 5.92 Å². The summed E-state index contributed by atoms with van der Waals surface area (Å²) in [7, 11) is 0. The van der Waals surface area contributed by atoms with E-state index in [1.807, 2.05) is 6.07 Å². The van der Waals surface area contributed by atoms with E-state index in [0.29, 0.717) is 11.7 Å². The molecule has 4 aliphatic rings. The van der Waals surface area contributed by atoms with E-state index in [9.17, 15) is 0 Å². The van der Waals surface area contributed by atoms with E-state index in [4.69, 9.17) is 4.84 Å². The zero-order valence-electron chi connectivity index (χ0n) is 10.2. The number of piperidine rings is 3. The average molecular weight is 244 g/mol. The second kappa shape index (κ2) is 3.75. The fourth-order valence-corrected chi connectivity index (χ4v) is 3.49. The van der Waals surface area contributed by atoms with Gasteiger partial charge >= 0.3 is 0 Å². The standard InChI is InChI=1S/C13H16N4O/c1-4-14-12(15-5-1)11-8-13(18-16-11)9-17-6-2-10(13)3-7-17/h1,4-5,10H,2-3,6-9H2. The summed E-state index contributed by atoms with van der Waals surface area (Å²) in [6.45, 7) is 3.44. The van der Waals surface area contributed by atoms with E-state index < -0.39 is 0 Å². The van der Waals surface area contributed by atoms with Crippen LogP contribution in [0.5, 0.6) is 0 Å². The van der Waals surface area contributed by atoms with Crippen molar-refractivity contribution < 1.29 is 4.84 Å². The monoisotopic (exact) mass is 244 g/mol. The molecular formula is C13H16N4O. The van der Waals surface area contributed by atoms with Crippen molar-refractivity contribution in [2.75, 3.05) is 19.6 Å². The Morgan fingerprint density at radius 1 is 1.22 bits per heavy atom. The van der Waals surface area contributed by atoms with Gasteiger partial charge in [0, 0.05) is 31.3 Å². The molecule has 1 aromatic heterocycles. The van der Waals surface area contributed by atoms with Crippen LogP contribution in [-0.4, -0.2) is 45.8 Å². The maximum atomic E-state index is 5.85. The molecule has 0 aliphatic carbocycles. The van der Waals surface area contributed by atoms with Crippen LogP contribution >= 0.6 is 0 Å². The zero-order valence-corrected chi connectivity index (χ0v) is 10.2. The van der Waals surface area contributed by atoms with Crippen LogP contribution in [0.25, 0.3) is 0 Å².